The van der Waals surface area contributed by atoms with E-state index in [9.17, 15) is 9.90 Å². The molecule has 1 N–H and O–H groups in total. The van der Waals surface area contributed by atoms with Crippen molar-refractivity contribution in [2.75, 3.05) is 0 Å². The van der Waals surface area contributed by atoms with Crippen molar-refractivity contribution in [2.45, 2.75) is 0 Å². The fraction of sp³-hybridized carbons (Fsp3) is 0. The third-order valence-electron chi connectivity index (χ3n) is 3.27. The smallest absolute Gasteiger partial charge is 0.345 e. The summed E-state index contributed by atoms with van der Waals surface area (Å²) in [5, 5.41) is 10.9. The van der Waals surface area contributed by atoms with E-state index >= 15 is 0 Å². The first-order valence-electron chi connectivity index (χ1n) is 6.54. The van der Waals surface area contributed by atoms with Crippen molar-refractivity contribution in [1.29, 1.82) is 0 Å². The van der Waals surface area contributed by atoms with Gasteiger partial charge in [0, 0.05) is 31.1 Å². The fourth-order valence-electron chi connectivity index (χ4n) is 2.22. The van der Waals surface area contributed by atoms with Crippen LogP contribution in [0, 0.1) is 0 Å². The molecule has 0 bridgehead atoms. The van der Waals surface area contributed by atoms with Crippen molar-refractivity contribution in [2.24, 2.45) is 0 Å². The van der Waals surface area contributed by atoms with Crippen LogP contribution < -0.4 is 0 Å². The van der Waals surface area contributed by atoms with Gasteiger partial charge in [-0.15, -0.1) is 11.3 Å². The number of hydrogen-bond donors (Lipinski definition) is 1. The van der Waals surface area contributed by atoms with E-state index in [0.717, 1.165) is 21.6 Å². The van der Waals surface area contributed by atoms with Gasteiger partial charge in [0.2, 0.25) is 0 Å². The second kappa shape index (κ2) is 6.54. The number of rotatable bonds is 3. The van der Waals surface area contributed by atoms with Crippen LogP contribution in [-0.2, 0) is 0 Å². The summed E-state index contributed by atoms with van der Waals surface area (Å²) in [6.45, 7) is 0. The Bertz CT molecular complexity index is 885. The molecule has 0 fully saturated rings. The van der Waals surface area contributed by atoms with Gasteiger partial charge in [0.05, 0.1) is 0 Å². The van der Waals surface area contributed by atoms with E-state index in [2.05, 4.69) is 0 Å². The Hall–Kier alpha value is -1.52. The minimum absolute atomic E-state index is 0.246. The standard InChI is InChI=1S/C17H9Cl3O2S/c18-10-3-1-9(2-4-10)16-13(8-15(23-16)17(21)22)12-6-5-11(19)7-14(12)20/h1-8H,(H,21,22). The van der Waals surface area contributed by atoms with Gasteiger partial charge in [-0.25, -0.2) is 4.79 Å². The normalized spacial score (nSPS) is 10.7. The van der Waals surface area contributed by atoms with Crippen LogP contribution in [-0.4, -0.2) is 11.1 Å². The number of aromatic carboxylic acids is 1. The quantitative estimate of drug-likeness (QED) is 0.543. The van der Waals surface area contributed by atoms with Crippen molar-refractivity contribution in [3.05, 3.63) is 68.5 Å². The lowest BCUT2D eigenvalue weighted by atomic mass is 10.0. The molecule has 0 radical (unpaired) electrons. The van der Waals surface area contributed by atoms with E-state index < -0.39 is 5.97 Å². The molecule has 3 aromatic rings. The molecule has 23 heavy (non-hydrogen) atoms. The van der Waals surface area contributed by atoms with Gasteiger partial charge in [-0.2, -0.15) is 0 Å². The van der Waals surface area contributed by atoms with E-state index in [1.807, 2.05) is 12.1 Å². The van der Waals surface area contributed by atoms with Crippen LogP contribution in [0.15, 0.2) is 48.5 Å². The van der Waals surface area contributed by atoms with Crippen LogP contribution >= 0.6 is 46.1 Å². The van der Waals surface area contributed by atoms with Crippen LogP contribution in [0.2, 0.25) is 15.1 Å². The van der Waals surface area contributed by atoms with Gasteiger partial charge in [0.15, 0.2) is 0 Å². The molecular weight excluding hydrogens is 375 g/mol. The molecule has 0 unspecified atom stereocenters. The fourth-order valence-corrected chi connectivity index (χ4v) is 3.87. The summed E-state index contributed by atoms with van der Waals surface area (Å²) in [5.41, 5.74) is 2.38. The number of carboxylic acid groups (broad SMARTS) is 1. The van der Waals surface area contributed by atoms with Crippen molar-refractivity contribution in [3.8, 4) is 21.6 Å². The zero-order valence-corrected chi connectivity index (χ0v) is 14.6. The van der Waals surface area contributed by atoms with Crippen LogP contribution in [0.1, 0.15) is 9.67 Å². The zero-order valence-electron chi connectivity index (χ0n) is 11.5. The summed E-state index contributed by atoms with van der Waals surface area (Å²) >= 11 is 19.4. The molecule has 6 heteroatoms. The Labute approximate surface area is 151 Å². The second-order valence-corrected chi connectivity index (χ2v) is 7.12. The molecule has 1 heterocycles. The van der Waals surface area contributed by atoms with Crippen LogP contribution in [0.5, 0.6) is 0 Å². The molecule has 0 atom stereocenters. The molecule has 3 rings (SSSR count). The highest BCUT2D eigenvalue weighted by molar-refractivity contribution is 7.18. The maximum atomic E-state index is 11.4. The summed E-state index contributed by atoms with van der Waals surface area (Å²) in [6.07, 6.45) is 0. The van der Waals surface area contributed by atoms with Crippen molar-refractivity contribution >= 4 is 52.1 Å². The highest BCUT2D eigenvalue weighted by Crippen LogP contribution is 2.42. The summed E-state index contributed by atoms with van der Waals surface area (Å²) in [6, 6.07) is 14.0. The molecule has 0 aliphatic heterocycles. The van der Waals surface area contributed by atoms with E-state index in [4.69, 9.17) is 34.8 Å². The predicted molar refractivity (Wildman–Crippen MR) is 97.2 cm³/mol. The number of halogens is 3. The molecule has 0 aliphatic carbocycles. The SMILES string of the molecule is O=C(O)c1cc(-c2ccc(Cl)cc2Cl)c(-c2ccc(Cl)cc2)s1. The number of carbonyl (C=O) groups is 1. The molecule has 0 spiro atoms. The summed E-state index contributed by atoms with van der Waals surface area (Å²) < 4.78 is 0. The van der Waals surface area contributed by atoms with Crippen LogP contribution in [0.3, 0.4) is 0 Å². The van der Waals surface area contributed by atoms with Gasteiger partial charge < -0.3 is 5.11 Å². The topological polar surface area (TPSA) is 37.3 Å². The number of thiophene rings is 1. The zero-order chi connectivity index (χ0) is 16.6. The summed E-state index contributed by atoms with van der Waals surface area (Å²) in [7, 11) is 0. The number of benzene rings is 2. The van der Waals surface area contributed by atoms with Crippen molar-refractivity contribution in [1.82, 2.24) is 0 Å². The lowest BCUT2D eigenvalue weighted by Gasteiger charge is -2.07. The molecule has 2 aromatic carbocycles. The minimum Gasteiger partial charge on any atom is -0.477 e. The largest absolute Gasteiger partial charge is 0.477 e. The predicted octanol–water partition coefficient (Wildman–Crippen LogP) is 6.74. The first-order valence-corrected chi connectivity index (χ1v) is 8.49. The van der Waals surface area contributed by atoms with Gasteiger partial charge >= 0.3 is 5.97 Å². The van der Waals surface area contributed by atoms with E-state index in [1.54, 1.807) is 36.4 Å². The van der Waals surface area contributed by atoms with Crippen molar-refractivity contribution in [3.63, 3.8) is 0 Å². The highest BCUT2D eigenvalue weighted by atomic mass is 35.5. The lowest BCUT2D eigenvalue weighted by molar-refractivity contribution is 0.0702. The third-order valence-corrected chi connectivity index (χ3v) is 5.24. The third kappa shape index (κ3) is 3.38. The average molecular weight is 384 g/mol. The monoisotopic (exact) mass is 382 g/mol. The van der Waals surface area contributed by atoms with Crippen molar-refractivity contribution < 1.29 is 9.90 Å². The molecule has 2 nitrogen and oxygen atoms in total. The second-order valence-electron chi connectivity index (χ2n) is 4.79. The Kier molecular flexibility index (Phi) is 4.64. The van der Waals surface area contributed by atoms with Gasteiger partial charge in [-0.3, -0.25) is 0 Å². The molecular formula is C17H9Cl3O2S. The summed E-state index contributed by atoms with van der Waals surface area (Å²) in [4.78, 5) is 12.4. The minimum atomic E-state index is -0.971. The summed E-state index contributed by atoms with van der Waals surface area (Å²) in [5.74, 6) is -0.971. The first-order chi connectivity index (χ1) is 11.0. The molecule has 0 aliphatic rings. The molecule has 1 aromatic heterocycles. The molecule has 0 saturated heterocycles. The van der Waals surface area contributed by atoms with E-state index in [-0.39, 0.29) is 4.88 Å². The Morgan fingerprint density at radius 2 is 1.52 bits per heavy atom. The Morgan fingerprint density at radius 3 is 2.13 bits per heavy atom. The number of hydrogen-bond acceptors (Lipinski definition) is 2. The van der Waals surface area contributed by atoms with Crippen LogP contribution in [0.4, 0.5) is 0 Å². The van der Waals surface area contributed by atoms with Gasteiger partial charge in [0.1, 0.15) is 4.88 Å². The maximum absolute atomic E-state index is 11.4. The first kappa shape index (κ1) is 16.3. The molecule has 0 amide bonds. The Balaban J connectivity index is 2.22. The van der Waals surface area contributed by atoms with E-state index in [0.29, 0.717) is 15.1 Å². The average Bonchev–Trinajstić information content (AvgIpc) is 2.93. The Morgan fingerprint density at radius 1 is 0.870 bits per heavy atom. The lowest BCUT2D eigenvalue weighted by Crippen LogP contribution is -1.90. The maximum Gasteiger partial charge on any atom is 0.345 e. The highest BCUT2D eigenvalue weighted by Gasteiger charge is 2.18. The van der Waals surface area contributed by atoms with Gasteiger partial charge in [0.25, 0.3) is 0 Å². The van der Waals surface area contributed by atoms with Gasteiger partial charge in [-0.05, 0) is 35.9 Å². The molecule has 116 valence electrons. The van der Waals surface area contributed by atoms with Gasteiger partial charge in [-0.1, -0.05) is 53.0 Å². The number of carboxylic acids is 1. The molecule has 0 saturated carbocycles. The van der Waals surface area contributed by atoms with Crippen LogP contribution in [0.25, 0.3) is 21.6 Å². The van der Waals surface area contributed by atoms with E-state index in [1.165, 1.54) is 11.3 Å².